The van der Waals surface area contributed by atoms with Crippen molar-refractivity contribution in [1.82, 2.24) is 9.97 Å². The Morgan fingerprint density at radius 3 is 2.56 bits per heavy atom. The van der Waals surface area contributed by atoms with E-state index in [-0.39, 0.29) is 0 Å². The lowest BCUT2D eigenvalue weighted by atomic mass is 10.2. The molecule has 0 bridgehead atoms. The summed E-state index contributed by atoms with van der Waals surface area (Å²) in [6, 6.07) is 9.62. The second-order valence-corrected chi connectivity index (χ2v) is 4.17. The van der Waals surface area contributed by atoms with Crippen LogP contribution in [0.2, 0.25) is 5.02 Å². The molecule has 0 amide bonds. The zero-order valence-electron chi connectivity index (χ0n) is 10.2. The SMILES string of the molecule is CCNc1cc(NCc2ccccc2Cl)ncn1. The molecule has 0 unspecified atom stereocenters. The predicted molar refractivity (Wildman–Crippen MR) is 75.0 cm³/mol. The van der Waals surface area contributed by atoms with E-state index in [1.54, 1.807) is 0 Å². The highest BCUT2D eigenvalue weighted by Crippen LogP contribution is 2.16. The number of nitrogens with zero attached hydrogens (tertiary/aromatic N) is 2. The van der Waals surface area contributed by atoms with Crippen LogP contribution < -0.4 is 10.6 Å². The predicted octanol–water partition coefficient (Wildman–Crippen LogP) is 3.17. The van der Waals surface area contributed by atoms with Crippen LogP contribution in [0, 0.1) is 0 Å². The lowest BCUT2D eigenvalue weighted by Gasteiger charge is -2.08. The van der Waals surface area contributed by atoms with Gasteiger partial charge in [0.25, 0.3) is 0 Å². The highest BCUT2D eigenvalue weighted by atomic mass is 35.5. The van der Waals surface area contributed by atoms with Crippen molar-refractivity contribution >= 4 is 23.2 Å². The van der Waals surface area contributed by atoms with Crippen LogP contribution in [0.3, 0.4) is 0 Å². The monoisotopic (exact) mass is 262 g/mol. The molecule has 0 saturated carbocycles. The van der Waals surface area contributed by atoms with E-state index in [2.05, 4.69) is 20.6 Å². The molecule has 18 heavy (non-hydrogen) atoms. The number of hydrogen-bond donors (Lipinski definition) is 2. The van der Waals surface area contributed by atoms with Gasteiger partial charge in [-0.3, -0.25) is 0 Å². The third kappa shape index (κ3) is 3.34. The molecular formula is C13H15ClN4. The summed E-state index contributed by atoms with van der Waals surface area (Å²) in [7, 11) is 0. The van der Waals surface area contributed by atoms with Gasteiger partial charge < -0.3 is 10.6 Å². The van der Waals surface area contributed by atoms with E-state index in [1.165, 1.54) is 6.33 Å². The van der Waals surface area contributed by atoms with Crippen molar-refractivity contribution in [3.8, 4) is 0 Å². The quantitative estimate of drug-likeness (QED) is 0.869. The Hall–Kier alpha value is -1.81. The number of anilines is 2. The van der Waals surface area contributed by atoms with E-state index in [0.29, 0.717) is 6.54 Å². The van der Waals surface area contributed by atoms with Gasteiger partial charge >= 0.3 is 0 Å². The van der Waals surface area contributed by atoms with Crippen LogP contribution in [0.1, 0.15) is 12.5 Å². The summed E-state index contributed by atoms with van der Waals surface area (Å²) in [5.74, 6) is 1.59. The number of hydrogen-bond acceptors (Lipinski definition) is 4. The van der Waals surface area contributed by atoms with Gasteiger partial charge in [-0.2, -0.15) is 0 Å². The number of nitrogens with one attached hydrogen (secondary N) is 2. The Balaban J connectivity index is 2.02. The molecule has 4 nitrogen and oxygen atoms in total. The van der Waals surface area contributed by atoms with E-state index in [4.69, 9.17) is 11.6 Å². The third-order valence-electron chi connectivity index (χ3n) is 2.44. The fourth-order valence-electron chi connectivity index (χ4n) is 1.56. The summed E-state index contributed by atoms with van der Waals surface area (Å²) in [4.78, 5) is 8.27. The van der Waals surface area contributed by atoms with Crippen LogP contribution in [-0.2, 0) is 6.54 Å². The van der Waals surface area contributed by atoms with Crippen molar-refractivity contribution in [2.24, 2.45) is 0 Å². The topological polar surface area (TPSA) is 49.8 Å². The van der Waals surface area contributed by atoms with Gasteiger partial charge in [-0.25, -0.2) is 9.97 Å². The van der Waals surface area contributed by atoms with Crippen molar-refractivity contribution in [3.63, 3.8) is 0 Å². The first-order valence-corrected chi connectivity index (χ1v) is 6.20. The molecule has 1 heterocycles. The summed E-state index contributed by atoms with van der Waals surface area (Å²) in [6.45, 7) is 3.50. The zero-order chi connectivity index (χ0) is 12.8. The second kappa shape index (κ2) is 6.21. The molecule has 94 valence electrons. The highest BCUT2D eigenvalue weighted by molar-refractivity contribution is 6.31. The van der Waals surface area contributed by atoms with Gasteiger partial charge in [0, 0.05) is 24.2 Å². The molecule has 0 fully saturated rings. The summed E-state index contributed by atoms with van der Waals surface area (Å²) in [5, 5.41) is 7.12. The van der Waals surface area contributed by atoms with Gasteiger partial charge in [0.15, 0.2) is 0 Å². The van der Waals surface area contributed by atoms with Crippen molar-refractivity contribution < 1.29 is 0 Å². The summed E-state index contributed by atoms with van der Waals surface area (Å²) >= 11 is 6.09. The van der Waals surface area contributed by atoms with Crippen molar-refractivity contribution in [3.05, 3.63) is 47.2 Å². The van der Waals surface area contributed by atoms with Crippen LogP contribution in [0.4, 0.5) is 11.6 Å². The minimum atomic E-state index is 0.641. The van der Waals surface area contributed by atoms with Crippen molar-refractivity contribution in [2.75, 3.05) is 17.2 Å². The average molecular weight is 263 g/mol. The fourth-order valence-corrected chi connectivity index (χ4v) is 1.76. The Bertz CT molecular complexity index is 516. The van der Waals surface area contributed by atoms with Crippen LogP contribution >= 0.6 is 11.6 Å². The molecule has 1 aromatic carbocycles. The number of halogens is 1. The Kier molecular flexibility index (Phi) is 4.36. The van der Waals surface area contributed by atoms with Gasteiger partial charge in [-0.05, 0) is 18.6 Å². The van der Waals surface area contributed by atoms with Gasteiger partial charge in [0.1, 0.15) is 18.0 Å². The molecular weight excluding hydrogens is 248 g/mol. The fraction of sp³-hybridized carbons (Fsp3) is 0.231. The maximum Gasteiger partial charge on any atom is 0.131 e. The molecule has 0 spiro atoms. The van der Waals surface area contributed by atoms with Crippen LogP contribution in [0.15, 0.2) is 36.7 Å². The molecule has 0 atom stereocenters. The first-order valence-electron chi connectivity index (χ1n) is 5.83. The van der Waals surface area contributed by atoms with Crippen molar-refractivity contribution in [2.45, 2.75) is 13.5 Å². The van der Waals surface area contributed by atoms with E-state index in [0.717, 1.165) is 28.8 Å². The minimum absolute atomic E-state index is 0.641. The first kappa shape index (κ1) is 12.6. The summed E-state index contributed by atoms with van der Waals surface area (Å²) in [6.07, 6.45) is 1.53. The van der Waals surface area contributed by atoms with Crippen molar-refractivity contribution in [1.29, 1.82) is 0 Å². The smallest absolute Gasteiger partial charge is 0.131 e. The second-order valence-electron chi connectivity index (χ2n) is 3.76. The molecule has 5 heteroatoms. The van der Waals surface area contributed by atoms with E-state index in [1.807, 2.05) is 37.3 Å². The highest BCUT2D eigenvalue weighted by Gasteiger charge is 2.00. The largest absolute Gasteiger partial charge is 0.370 e. The number of rotatable bonds is 5. The molecule has 0 aliphatic heterocycles. The maximum atomic E-state index is 6.09. The van der Waals surface area contributed by atoms with Crippen LogP contribution in [0.5, 0.6) is 0 Å². The molecule has 2 rings (SSSR count). The van der Waals surface area contributed by atoms with Crippen LogP contribution in [-0.4, -0.2) is 16.5 Å². The summed E-state index contributed by atoms with van der Waals surface area (Å²) in [5.41, 5.74) is 1.04. The van der Waals surface area contributed by atoms with E-state index in [9.17, 15) is 0 Å². The molecule has 0 aliphatic rings. The standard InChI is InChI=1S/C13H15ClN4/c1-2-15-12-7-13(18-9-17-12)16-8-10-5-3-4-6-11(10)14/h3-7,9H,2,8H2,1H3,(H2,15,16,17,18). The Morgan fingerprint density at radius 1 is 1.11 bits per heavy atom. The number of aromatic nitrogens is 2. The van der Waals surface area contributed by atoms with Gasteiger partial charge in [-0.15, -0.1) is 0 Å². The Labute approximate surface area is 111 Å². The molecule has 2 N–H and O–H groups in total. The molecule has 0 aliphatic carbocycles. The normalized spacial score (nSPS) is 10.1. The number of benzene rings is 1. The maximum absolute atomic E-state index is 6.09. The van der Waals surface area contributed by atoms with Gasteiger partial charge in [-0.1, -0.05) is 29.8 Å². The van der Waals surface area contributed by atoms with Gasteiger partial charge in [0.05, 0.1) is 0 Å². The van der Waals surface area contributed by atoms with Crippen LogP contribution in [0.25, 0.3) is 0 Å². The van der Waals surface area contributed by atoms with Gasteiger partial charge in [0.2, 0.25) is 0 Å². The molecule has 0 saturated heterocycles. The van der Waals surface area contributed by atoms with E-state index >= 15 is 0 Å². The third-order valence-corrected chi connectivity index (χ3v) is 2.81. The van der Waals surface area contributed by atoms with E-state index < -0.39 is 0 Å². The Morgan fingerprint density at radius 2 is 1.83 bits per heavy atom. The summed E-state index contributed by atoms with van der Waals surface area (Å²) < 4.78 is 0. The zero-order valence-corrected chi connectivity index (χ0v) is 10.9. The molecule has 2 aromatic rings. The lowest BCUT2D eigenvalue weighted by Crippen LogP contribution is -2.04. The molecule has 0 radical (unpaired) electrons. The lowest BCUT2D eigenvalue weighted by molar-refractivity contribution is 1.07. The minimum Gasteiger partial charge on any atom is -0.370 e. The molecule has 1 aromatic heterocycles. The average Bonchev–Trinajstić information content (AvgIpc) is 2.39. The first-order chi connectivity index (χ1) is 8.79.